The van der Waals surface area contributed by atoms with Crippen molar-refractivity contribution in [1.29, 1.82) is 0 Å². The highest BCUT2D eigenvalue weighted by Gasteiger charge is 2.25. The van der Waals surface area contributed by atoms with E-state index in [2.05, 4.69) is 47.3 Å². The van der Waals surface area contributed by atoms with Gasteiger partial charge in [0.05, 0.1) is 0 Å². The summed E-state index contributed by atoms with van der Waals surface area (Å²) in [5.41, 5.74) is 0. The fraction of sp³-hybridized carbons (Fsp3) is 0.905. The molecule has 0 rings (SSSR count). The van der Waals surface area contributed by atoms with Crippen LogP contribution in [0.4, 0.5) is 0 Å². The zero-order chi connectivity index (χ0) is 16.1. The van der Waals surface area contributed by atoms with Gasteiger partial charge in [-0.1, -0.05) is 85.6 Å². The lowest BCUT2D eigenvalue weighted by Gasteiger charge is -2.33. The Hall–Kier alpha value is -0.260. The molecule has 0 spiro atoms. The molecule has 4 unspecified atom stereocenters. The average Bonchev–Trinajstić information content (AvgIpc) is 2.49. The monoisotopic (exact) mass is 294 g/mol. The van der Waals surface area contributed by atoms with Crippen molar-refractivity contribution in [3.05, 3.63) is 12.7 Å². The van der Waals surface area contributed by atoms with Crippen LogP contribution < -0.4 is 0 Å². The van der Waals surface area contributed by atoms with E-state index in [1.165, 1.54) is 64.2 Å². The predicted octanol–water partition coefficient (Wildman–Crippen LogP) is 7.64. The Morgan fingerprint density at radius 3 is 1.95 bits per heavy atom. The van der Waals surface area contributed by atoms with E-state index < -0.39 is 0 Å². The van der Waals surface area contributed by atoms with Gasteiger partial charge in [-0.25, -0.2) is 0 Å². The van der Waals surface area contributed by atoms with Gasteiger partial charge in [-0.15, -0.1) is 6.58 Å². The van der Waals surface area contributed by atoms with Crippen molar-refractivity contribution in [3.63, 3.8) is 0 Å². The maximum Gasteiger partial charge on any atom is -0.0353 e. The fourth-order valence-electron chi connectivity index (χ4n) is 3.59. The van der Waals surface area contributed by atoms with E-state index in [1.807, 2.05) is 0 Å². The number of allylic oxidation sites excluding steroid dienone is 1. The second kappa shape index (κ2) is 13.4. The molecule has 0 fully saturated rings. The lowest BCUT2D eigenvalue weighted by Crippen LogP contribution is -2.24. The molecule has 0 aliphatic carbocycles. The normalized spacial score (nSPS) is 17.2. The van der Waals surface area contributed by atoms with Crippen molar-refractivity contribution in [2.24, 2.45) is 23.7 Å². The third-order valence-electron chi connectivity index (χ3n) is 5.65. The Morgan fingerprint density at radius 1 is 0.762 bits per heavy atom. The third kappa shape index (κ3) is 9.38. The van der Waals surface area contributed by atoms with E-state index in [-0.39, 0.29) is 0 Å². The molecule has 0 amide bonds. The first-order valence-electron chi connectivity index (χ1n) is 9.69. The molecule has 0 radical (unpaired) electrons. The van der Waals surface area contributed by atoms with Gasteiger partial charge in [0, 0.05) is 0 Å². The SMILES string of the molecule is C=CCCCC(CCCCC)C(C)C(C)C(C)CCCC. The molecule has 0 bridgehead atoms. The summed E-state index contributed by atoms with van der Waals surface area (Å²) in [6.07, 6.45) is 15.8. The van der Waals surface area contributed by atoms with Crippen LogP contribution in [0.5, 0.6) is 0 Å². The minimum atomic E-state index is 0.868. The Bertz CT molecular complexity index is 230. The quantitative estimate of drug-likeness (QED) is 0.228. The van der Waals surface area contributed by atoms with E-state index in [1.54, 1.807) is 0 Å². The predicted molar refractivity (Wildman–Crippen MR) is 98.7 cm³/mol. The lowest BCUT2D eigenvalue weighted by molar-refractivity contribution is 0.172. The summed E-state index contributed by atoms with van der Waals surface area (Å²) >= 11 is 0. The Balaban J connectivity index is 4.42. The Kier molecular flexibility index (Phi) is 13.2. The maximum absolute atomic E-state index is 3.87. The molecule has 0 aromatic heterocycles. The van der Waals surface area contributed by atoms with Crippen LogP contribution in [0.3, 0.4) is 0 Å². The molecule has 0 saturated carbocycles. The fourth-order valence-corrected chi connectivity index (χ4v) is 3.59. The van der Waals surface area contributed by atoms with Gasteiger partial charge >= 0.3 is 0 Å². The van der Waals surface area contributed by atoms with Gasteiger partial charge in [-0.3, -0.25) is 0 Å². The highest BCUT2D eigenvalue weighted by atomic mass is 14.3. The molecule has 0 saturated heterocycles. The summed E-state index contributed by atoms with van der Waals surface area (Å²) in [6.45, 7) is 16.0. The molecule has 0 aliphatic heterocycles. The van der Waals surface area contributed by atoms with Gasteiger partial charge in [-0.05, 0) is 42.9 Å². The van der Waals surface area contributed by atoms with Gasteiger partial charge < -0.3 is 0 Å². The number of hydrogen-bond donors (Lipinski definition) is 0. The molecule has 0 heterocycles. The highest BCUT2D eigenvalue weighted by molar-refractivity contribution is 4.77. The molecular weight excluding hydrogens is 252 g/mol. The van der Waals surface area contributed by atoms with Crippen molar-refractivity contribution in [2.45, 2.75) is 98.8 Å². The summed E-state index contributed by atoms with van der Waals surface area (Å²) < 4.78 is 0. The van der Waals surface area contributed by atoms with E-state index >= 15 is 0 Å². The molecule has 126 valence electrons. The Morgan fingerprint density at radius 2 is 1.38 bits per heavy atom. The molecule has 0 nitrogen and oxygen atoms in total. The second-order valence-corrected chi connectivity index (χ2v) is 7.31. The molecule has 0 aromatic carbocycles. The first kappa shape index (κ1) is 20.7. The summed E-state index contributed by atoms with van der Waals surface area (Å²) in [7, 11) is 0. The van der Waals surface area contributed by atoms with Crippen molar-refractivity contribution in [1.82, 2.24) is 0 Å². The van der Waals surface area contributed by atoms with E-state index in [4.69, 9.17) is 0 Å². The molecule has 4 atom stereocenters. The third-order valence-corrected chi connectivity index (χ3v) is 5.65. The van der Waals surface area contributed by atoms with Crippen LogP contribution in [0, 0.1) is 23.7 Å². The number of hydrogen-bond acceptors (Lipinski definition) is 0. The number of unbranched alkanes of at least 4 members (excludes halogenated alkanes) is 4. The molecular formula is C21H42. The second-order valence-electron chi connectivity index (χ2n) is 7.31. The first-order valence-corrected chi connectivity index (χ1v) is 9.69. The summed E-state index contributed by atoms with van der Waals surface area (Å²) in [5.74, 6) is 3.55. The van der Waals surface area contributed by atoms with E-state index in [0.717, 1.165) is 23.7 Å². The van der Waals surface area contributed by atoms with Crippen LogP contribution in [-0.4, -0.2) is 0 Å². The zero-order valence-electron chi connectivity index (χ0n) is 15.7. The van der Waals surface area contributed by atoms with Crippen LogP contribution in [-0.2, 0) is 0 Å². The molecule has 0 aromatic rings. The zero-order valence-corrected chi connectivity index (χ0v) is 15.7. The van der Waals surface area contributed by atoms with Crippen LogP contribution in [0.1, 0.15) is 98.8 Å². The summed E-state index contributed by atoms with van der Waals surface area (Å²) in [5, 5.41) is 0. The minimum Gasteiger partial charge on any atom is -0.103 e. The average molecular weight is 295 g/mol. The van der Waals surface area contributed by atoms with Gasteiger partial charge in [-0.2, -0.15) is 0 Å². The van der Waals surface area contributed by atoms with Crippen molar-refractivity contribution in [3.8, 4) is 0 Å². The van der Waals surface area contributed by atoms with Gasteiger partial charge in [0.2, 0.25) is 0 Å². The molecule has 0 aliphatic rings. The van der Waals surface area contributed by atoms with Crippen molar-refractivity contribution < 1.29 is 0 Å². The van der Waals surface area contributed by atoms with E-state index in [0.29, 0.717) is 0 Å². The summed E-state index contributed by atoms with van der Waals surface area (Å²) in [4.78, 5) is 0. The van der Waals surface area contributed by atoms with Crippen LogP contribution in [0.25, 0.3) is 0 Å². The van der Waals surface area contributed by atoms with Crippen molar-refractivity contribution >= 4 is 0 Å². The van der Waals surface area contributed by atoms with Crippen LogP contribution in [0.2, 0.25) is 0 Å². The summed E-state index contributed by atoms with van der Waals surface area (Å²) in [6, 6.07) is 0. The smallest absolute Gasteiger partial charge is 0.0353 e. The highest BCUT2D eigenvalue weighted by Crippen LogP contribution is 2.35. The first-order chi connectivity index (χ1) is 10.1. The largest absolute Gasteiger partial charge is 0.103 e. The standard InChI is InChI=1S/C21H42/c1-7-10-13-16-21(17-14-11-8-2)20(6)19(5)18(4)15-12-9-3/h7,18-21H,1,8-17H2,2-6H3. The molecule has 0 heteroatoms. The van der Waals surface area contributed by atoms with E-state index in [9.17, 15) is 0 Å². The topological polar surface area (TPSA) is 0 Å². The molecule has 21 heavy (non-hydrogen) atoms. The lowest BCUT2D eigenvalue weighted by atomic mass is 9.73. The maximum atomic E-state index is 3.87. The van der Waals surface area contributed by atoms with Gasteiger partial charge in [0.1, 0.15) is 0 Å². The van der Waals surface area contributed by atoms with Gasteiger partial charge in [0.15, 0.2) is 0 Å². The van der Waals surface area contributed by atoms with Crippen molar-refractivity contribution in [2.75, 3.05) is 0 Å². The molecule has 0 N–H and O–H groups in total. The van der Waals surface area contributed by atoms with Crippen LogP contribution >= 0.6 is 0 Å². The van der Waals surface area contributed by atoms with Crippen LogP contribution in [0.15, 0.2) is 12.7 Å². The Labute approximate surface area is 135 Å². The number of rotatable bonds is 14. The minimum absolute atomic E-state index is 0.868. The van der Waals surface area contributed by atoms with Gasteiger partial charge in [0.25, 0.3) is 0 Å².